The summed E-state index contributed by atoms with van der Waals surface area (Å²) in [6.45, 7) is 3.00. The van der Waals surface area contributed by atoms with Crippen LogP contribution >= 0.6 is 22.6 Å². The number of rotatable bonds is 4. The first-order valence-electron chi connectivity index (χ1n) is 6.75. The molecule has 0 radical (unpaired) electrons. The van der Waals surface area contributed by atoms with Gasteiger partial charge in [-0.05, 0) is 53.5 Å². The maximum atomic E-state index is 5.80. The van der Waals surface area contributed by atoms with E-state index >= 15 is 0 Å². The molecule has 3 rings (SSSR count). The first kappa shape index (κ1) is 14.1. The van der Waals surface area contributed by atoms with E-state index in [0.29, 0.717) is 0 Å². The Balaban J connectivity index is 0.000000574. The van der Waals surface area contributed by atoms with Gasteiger partial charge < -0.3 is 10.1 Å². The van der Waals surface area contributed by atoms with Gasteiger partial charge in [-0.25, -0.2) is 0 Å². The van der Waals surface area contributed by atoms with Crippen LogP contribution in [0.15, 0.2) is 18.2 Å². The maximum Gasteiger partial charge on any atom is 0.119 e. The van der Waals surface area contributed by atoms with E-state index in [-0.39, 0.29) is 0 Å². The summed E-state index contributed by atoms with van der Waals surface area (Å²) < 4.78 is 5.80. The molecule has 3 heteroatoms. The average molecular weight is 359 g/mol. The second kappa shape index (κ2) is 7.34. The Morgan fingerprint density at radius 3 is 2.89 bits per heavy atom. The summed E-state index contributed by atoms with van der Waals surface area (Å²) in [6, 6.07) is 6.54. The smallest absolute Gasteiger partial charge is 0.119 e. The molecule has 1 aliphatic heterocycles. The summed E-state index contributed by atoms with van der Waals surface area (Å²) >= 11 is 2.15. The molecular weight excluding hydrogens is 337 g/mol. The van der Waals surface area contributed by atoms with Crippen molar-refractivity contribution in [2.45, 2.75) is 32.2 Å². The molecular formula is C15H22INO. The van der Waals surface area contributed by atoms with E-state index in [1.165, 1.54) is 30.4 Å². The van der Waals surface area contributed by atoms with Crippen LogP contribution < -0.4 is 10.1 Å². The molecule has 2 nitrogen and oxygen atoms in total. The van der Waals surface area contributed by atoms with Gasteiger partial charge in [0.15, 0.2) is 0 Å². The van der Waals surface area contributed by atoms with Crippen molar-refractivity contribution < 1.29 is 4.74 Å². The van der Waals surface area contributed by atoms with Gasteiger partial charge in [0, 0.05) is 6.54 Å². The number of alkyl halides is 1. The normalized spacial score (nSPS) is 17.4. The van der Waals surface area contributed by atoms with Gasteiger partial charge in [-0.1, -0.05) is 41.5 Å². The lowest BCUT2D eigenvalue weighted by Gasteiger charge is -2.18. The van der Waals surface area contributed by atoms with Gasteiger partial charge >= 0.3 is 0 Å². The maximum absolute atomic E-state index is 5.80. The highest BCUT2D eigenvalue weighted by molar-refractivity contribution is 14.1. The number of halogens is 1. The molecule has 1 aromatic carbocycles. The van der Waals surface area contributed by atoms with Gasteiger partial charge in [0.1, 0.15) is 5.75 Å². The molecule has 1 N–H and O–H groups in total. The zero-order valence-electron chi connectivity index (χ0n) is 11.0. The zero-order valence-corrected chi connectivity index (χ0v) is 13.2. The first-order valence-corrected chi connectivity index (χ1v) is 8.91. The average Bonchev–Trinajstić information content (AvgIpc) is 3.25. The van der Waals surface area contributed by atoms with E-state index in [2.05, 4.69) is 46.1 Å². The third kappa shape index (κ3) is 4.12. The summed E-state index contributed by atoms with van der Waals surface area (Å²) in [5.74, 6) is 2.02. The Morgan fingerprint density at radius 1 is 1.28 bits per heavy atom. The van der Waals surface area contributed by atoms with Gasteiger partial charge in [0.2, 0.25) is 0 Å². The fraction of sp³-hybridized carbons (Fsp3) is 0.600. The summed E-state index contributed by atoms with van der Waals surface area (Å²) in [7, 11) is 0. The SMILES string of the molecule is CI.c1cc2c(cc1OCCC1CC1)CCNC2. The zero-order chi connectivity index (χ0) is 12.8. The second-order valence-electron chi connectivity index (χ2n) is 4.94. The standard InChI is InChI=1S/C14H19NO.CH3I/c1-2-11(1)6-8-16-14-4-3-13-10-15-7-5-12(13)9-14;1-2/h3-4,9,11,15H,1-2,5-8,10H2;1H3. The monoisotopic (exact) mass is 359 g/mol. The predicted octanol–water partition coefficient (Wildman–Crippen LogP) is 3.56. The predicted molar refractivity (Wildman–Crippen MR) is 84.6 cm³/mol. The minimum absolute atomic E-state index is 0.891. The summed E-state index contributed by atoms with van der Waals surface area (Å²) in [4.78, 5) is 1.97. The third-order valence-corrected chi connectivity index (χ3v) is 3.56. The Morgan fingerprint density at radius 2 is 2.11 bits per heavy atom. The molecule has 2 aliphatic rings. The number of nitrogens with one attached hydrogen (secondary N) is 1. The molecule has 0 saturated heterocycles. The largest absolute Gasteiger partial charge is 0.494 e. The van der Waals surface area contributed by atoms with E-state index in [9.17, 15) is 0 Å². The molecule has 0 unspecified atom stereocenters. The molecule has 1 aliphatic carbocycles. The van der Waals surface area contributed by atoms with Crippen LogP contribution in [-0.2, 0) is 13.0 Å². The molecule has 0 aromatic heterocycles. The van der Waals surface area contributed by atoms with Crippen LogP contribution in [0.5, 0.6) is 5.75 Å². The lowest BCUT2D eigenvalue weighted by atomic mass is 10.0. The van der Waals surface area contributed by atoms with Crippen molar-refractivity contribution >= 4 is 22.6 Å². The summed E-state index contributed by atoms with van der Waals surface area (Å²) in [5.41, 5.74) is 2.89. The second-order valence-corrected chi connectivity index (χ2v) is 4.94. The van der Waals surface area contributed by atoms with Crippen molar-refractivity contribution in [3.8, 4) is 5.75 Å². The van der Waals surface area contributed by atoms with Crippen LogP contribution in [0.25, 0.3) is 0 Å². The lowest BCUT2D eigenvalue weighted by Crippen LogP contribution is -2.23. The van der Waals surface area contributed by atoms with Gasteiger partial charge in [-0.3, -0.25) is 0 Å². The highest BCUT2D eigenvalue weighted by Gasteiger charge is 2.20. The van der Waals surface area contributed by atoms with E-state index < -0.39 is 0 Å². The van der Waals surface area contributed by atoms with Crippen molar-refractivity contribution in [2.75, 3.05) is 18.1 Å². The Hall–Kier alpha value is -0.290. The molecule has 0 bridgehead atoms. The lowest BCUT2D eigenvalue weighted by molar-refractivity contribution is 0.302. The summed E-state index contributed by atoms with van der Waals surface area (Å²) in [6.07, 6.45) is 5.20. The fourth-order valence-electron chi connectivity index (χ4n) is 2.29. The molecule has 0 amide bonds. The van der Waals surface area contributed by atoms with Gasteiger partial charge in [-0.2, -0.15) is 0 Å². The Kier molecular flexibility index (Phi) is 5.76. The van der Waals surface area contributed by atoms with Gasteiger partial charge in [-0.15, -0.1) is 0 Å². The Bertz CT molecular complexity index is 377. The topological polar surface area (TPSA) is 21.3 Å². The van der Waals surface area contributed by atoms with Crippen LogP contribution in [0.1, 0.15) is 30.4 Å². The molecule has 0 atom stereocenters. The van der Waals surface area contributed by atoms with Crippen molar-refractivity contribution in [1.29, 1.82) is 0 Å². The fourth-order valence-corrected chi connectivity index (χ4v) is 2.29. The van der Waals surface area contributed by atoms with E-state index in [1.54, 1.807) is 0 Å². The van der Waals surface area contributed by atoms with Crippen molar-refractivity contribution in [1.82, 2.24) is 5.32 Å². The highest BCUT2D eigenvalue weighted by Crippen LogP contribution is 2.32. The molecule has 100 valence electrons. The van der Waals surface area contributed by atoms with Crippen LogP contribution in [0.4, 0.5) is 0 Å². The number of benzene rings is 1. The quantitative estimate of drug-likeness (QED) is 0.656. The molecule has 1 saturated carbocycles. The Labute approximate surface area is 124 Å². The number of ether oxygens (including phenoxy) is 1. The van der Waals surface area contributed by atoms with Crippen LogP contribution in [0, 0.1) is 5.92 Å². The molecule has 1 fully saturated rings. The van der Waals surface area contributed by atoms with Crippen molar-refractivity contribution in [3.63, 3.8) is 0 Å². The third-order valence-electron chi connectivity index (χ3n) is 3.56. The van der Waals surface area contributed by atoms with Gasteiger partial charge in [0.05, 0.1) is 6.61 Å². The van der Waals surface area contributed by atoms with Crippen LogP contribution in [0.3, 0.4) is 0 Å². The molecule has 18 heavy (non-hydrogen) atoms. The number of hydrogen-bond donors (Lipinski definition) is 1. The van der Waals surface area contributed by atoms with Gasteiger partial charge in [0.25, 0.3) is 0 Å². The van der Waals surface area contributed by atoms with E-state index in [0.717, 1.165) is 37.8 Å². The van der Waals surface area contributed by atoms with E-state index in [4.69, 9.17) is 4.74 Å². The molecule has 0 spiro atoms. The van der Waals surface area contributed by atoms with Crippen molar-refractivity contribution in [3.05, 3.63) is 29.3 Å². The minimum Gasteiger partial charge on any atom is -0.494 e. The van der Waals surface area contributed by atoms with Crippen LogP contribution in [0.2, 0.25) is 0 Å². The molecule has 1 heterocycles. The van der Waals surface area contributed by atoms with E-state index in [1.807, 2.05) is 4.93 Å². The van der Waals surface area contributed by atoms with Crippen LogP contribution in [-0.4, -0.2) is 18.1 Å². The number of fused-ring (bicyclic) bond motifs is 1. The minimum atomic E-state index is 0.891. The highest BCUT2D eigenvalue weighted by atomic mass is 127. The summed E-state index contributed by atoms with van der Waals surface area (Å²) in [5, 5.41) is 3.39. The van der Waals surface area contributed by atoms with Crippen molar-refractivity contribution in [2.24, 2.45) is 5.92 Å². The number of hydrogen-bond acceptors (Lipinski definition) is 2. The first-order chi connectivity index (χ1) is 8.92. The molecule has 1 aromatic rings.